The van der Waals surface area contributed by atoms with Gasteiger partial charge in [0.1, 0.15) is 17.3 Å². The molecule has 7 heteroatoms. The van der Waals surface area contributed by atoms with Crippen LogP contribution >= 0.6 is 0 Å². The standard InChI is InChI=1S/C12H11F2N3O2/c13-7-1-2-8(9(14)5-7)10-6-11(17-16-10)12(19)15-3-4-18/h1-2,5-6,18H,3-4H2,(H,15,19)(H,16,17). The highest BCUT2D eigenvalue weighted by Gasteiger charge is 2.13. The molecule has 0 fully saturated rings. The van der Waals surface area contributed by atoms with Crippen LogP contribution in [-0.4, -0.2) is 34.4 Å². The first-order chi connectivity index (χ1) is 9.11. The van der Waals surface area contributed by atoms with Crippen molar-refractivity contribution >= 4 is 5.91 Å². The van der Waals surface area contributed by atoms with E-state index < -0.39 is 17.5 Å². The molecule has 1 amide bonds. The number of nitrogens with zero attached hydrogens (tertiary/aromatic N) is 1. The van der Waals surface area contributed by atoms with Crippen LogP contribution in [0, 0.1) is 11.6 Å². The second kappa shape index (κ2) is 5.57. The minimum Gasteiger partial charge on any atom is -0.395 e. The van der Waals surface area contributed by atoms with Gasteiger partial charge in [-0.25, -0.2) is 8.78 Å². The first-order valence-electron chi connectivity index (χ1n) is 5.51. The van der Waals surface area contributed by atoms with Crippen LogP contribution < -0.4 is 5.32 Å². The Morgan fingerprint density at radius 3 is 2.84 bits per heavy atom. The summed E-state index contributed by atoms with van der Waals surface area (Å²) in [5.41, 5.74) is 0.428. The van der Waals surface area contributed by atoms with Crippen molar-refractivity contribution in [2.45, 2.75) is 0 Å². The minimum absolute atomic E-state index is 0.0962. The molecule has 1 aromatic heterocycles. The zero-order valence-electron chi connectivity index (χ0n) is 9.78. The fraction of sp³-hybridized carbons (Fsp3) is 0.167. The third-order valence-electron chi connectivity index (χ3n) is 2.43. The second-order valence-corrected chi connectivity index (χ2v) is 3.77. The van der Waals surface area contributed by atoms with E-state index in [1.165, 1.54) is 12.1 Å². The molecule has 100 valence electrons. The number of aromatic amines is 1. The van der Waals surface area contributed by atoms with Gasteiger partial charge in [-0.05, 0) is 18.2 Å². The summed E-state index contributed by atoms with van der Waals surface area (Å²) in [6, 6.07) is 4.45. The molecule has 0 aliphatic carbocycles. The fourth-order valence-corrected chi connectivity index (χ4v) is 1.54. The van der Waals surface area contributed by atoms with E-state index in [1.54, 1.807) is 0 Å². The predicted molar refractivity (Wildman–Crippen MR) is 63.4 cm³/mol. The number of nitrogens with one attached hydrogen (secondary N) is 2. The van der Waals surface area contributed by atoms with Crippen molar-refractivity contribution in [1.82, 2.24) is 15.5 Å². The minimum atomic E-state index is -0.756. The van der Waals surface area contributed by atoms with Crippen molar-refractivity contribution in [2.24, 2.45) is 0 Å². The van der Waals surface area contributed by atoms with Gasteiger partial charge in [-0.3, -0.25) is 9.89 Å². The van der Waals surface area contributed by atoms with Crippen LogP contribution in [0.2, 0.25) is 0 Å². The number of carbonyl (C=O) groups is 1. The Bertz CT molecular complexity index is 598. The molecule has 2 rings (SSSR count). The van der Waals surface area contributed by atoms with Crippen molar-refractivity contribution < 1.29 is 18.7 Å². The number of aliphatic hydroxyl groups is 1. The highest BCUT2D eigenvalue weighted by atomic mass is 19.1. The largest absolute Gasteiger partial charge is 0.395 e. The molecular formula is C12H11F2N3O2. The predicted octanol–water partition coefficient (Wildman–Crippen LogP) is 1.08. The van der Waals surface area contributed by atoms with Gasteiger partial charge in [-0.2, -0.15) is 5.10 Å². The SMILES string of the molecule is O=C(NCCO)c1cc(-c2ccc(F)cc2F)n[nH]1. The number of halogens is 2. The van der Waals surface area contributed by atoms with E-state index >= 15 is 0 Å². The van der Waals surface area contributed by atoms with Crippen LogP contribution in [-0.2, 0) is 0 Å². The molecule has 0 atom stereocenters. The Kier molecular flexibility index (Phi) is 3.86. The molecule has 0 aliphatic heterocycles. The van der Waals surface area contributed by atoms with Crippen molar-refractivity contribution in [3.05, 3.63) is 41.6 Å². The maximum absolute atomic E-state index is 13.5. The smallest absolute Gasteiger partial charge is 0.269 e. The Labute approximate surface area is 107 Å². The lowest BCUT2D eigenvalue weighted by molar-refractivity contribution is 0.0940. The molecule has 19 heavy (non-hydrogen) atoms. The number of aromatic nitrogens is 2. The number of hydrogen-bond acceptors (Lipinski definition) is 3. The summed E-state index contributed by atoms with van der Waals surface area (Å²) in [4.78, 5) is 11.5. The summed E-state index contributed by atoms with van der Waals surface area (Å²) >= 11 is 0. The second-order valence-electron chi connectivity index (χ2n) is 3.77. The van der Waals surface area contributed by atoms with Crippen LogP contribution in [0.15, 0.2) is 24.3 Å². The lowest BCUT2D eigenvalue weighted by Crippen LogP contribution is -2.26. The van der Waals surface area contributed by atoms with E-state index in [9.17, 15) is 13.6 Å². The highest BCUT2D eigenvalue weighted by Crippen LogP contribution is 2.21. The Balaban J connectivity index is 2.23. The number of benzene rings is 1. The molecule has 0 saturated carbocycles. The molecule has 0 unspecified atom stereocenters. The van der Waals surface area contributed by atoms with Crippen LogP contribution in [0.4, 0.5) is 8.78 Å². The zero-order chi connectivity index (χ0) is 13.8. The number of amides is 1. The lowest BCUT2D eigenvalue weighted by atomic mass is 10.1. The van der Waals surface area contributed by atoms with Crippen LogP contribution in [0.3, 0.4) is 0 Å². The summed E-state index contributed by atoms with van der Waals surface area (Å²) < 4.78 is 26.3. The van der Waals surface area contributed by atoms with E-state index in [0.29, 0.717) is 0 Å². The van der Waals surface area contributed by atoms with E-state index in [1.807, 2.05) is 0 Å². The third-order valence-corrected chi connectivity index (χ3v) is 2.43. The molecule has 0 saturated heterocycles. The molecule has 0 radical (unpaired) electrons. The quantitative estimate of drug-likeness (QED) is 0.775. The number of rotatable bonds is 4. The third kappa shape index (κ3) is 2.94. The van der Waals surface area contributed by atoms with E-state index in [-0.39, 0.29) is 30.1 Å². The van der Waals surface area contributed by atoms with E-state index in [4.69, 9.17) is 5.11 Å². The van der Waals surface area contributed by atoms with Gasteiger partial charge in [0.15, 0.2) is 0 Å². The molecule has 0 bridgehead atoms. The molecule has 5 nitrogen and oxygen atoms in total. The van der Waals surface area contributed by atoms with Crippen LogP contribution in [0.1, 0.15) is 10.5 Å². The number of H-pyrrole nitrogens is 1. The number of carbonyl (C=O) groups excluding carboxylic acids is 1. The number of aliphatic hydroxyl groups excluding tert-OH is 1. The lowest BCUT2D eigenvalue weighted by Gasteiger charge is -1.99. The summed E-state index contributed by atoms with van der Waals surface area (Å²) in [5, 5.41) is 17.3. The average Bonchev–Trinajstić information content (AvgIpc) is 2.85. The number of hydrogen-bond donors (Lipinski definition) is 3. The molecule has 1 aromatic carbocycles. The van der Waals surface area contributed by atoms with Crippen molar-refractivity contribution in [2.75, 3.05) is 13.2 Å². The van der Waals surface area contributed by atoms with Gasteiger partial charge in [0.2, 0.25) is 0 Å². The van der Waals surface area contributed by atoms with Gasteiger partial charge < -0.3 is 10.4 Å². The van der Waals surface area contributed by atoms with Gasteiger partial charge >= 0.3 is 0 Å². The summed E-state index contributed by atoms with van der Waals surface area (Å²) in [5.74, 6) is -1.90. The first kappa shape index (κ1) is 13.2. The van der Waals surface area contributed by atoms with Gasteiger partial charge in [-0.15, -0.1) is 0 Å². The molecule has 0 aliphatic rings. The van der Waals surface area contributed by atoms with E-state index in [2.05, 4.69) is 15.5 Å². The molecule has 1 heterocycles. The van der Waals surface area contributed by atoms with Crippen molar-refractivity contribution in [3.8, 4) is 11.3 Å². The summed E-state index contributed by atoms with van der Waals surface area (Å²) in [6.07, 6.45) is 0. The topological polar surface area (TPSA) is 78.0 Å². The average molecular weight is 267 g/mol. The van der Waals surface area contributed by atoms with Gasteiger partial charge in [0, 0.05) is 18.2 Å². The maximum atomic E-state index is 13.5. The van der Waals surface area contributed by atoms with Crippen LogP contribution in [0.25, 0.3) is 11.3 Å². The van der Waals surface area contributed by atoms with Crippen molar-refractivity contribution in [3.63, 3.8) is 0 Å². The molecule has 0 spiro atoms. The van der Waals surface area contributed by atoms with Gasteiger partial charge in [-0.1, -0.05) is 0 Å². The summed E-state index contributed by atoms with van der Waals surface area (Å²) in [7, 11) is 0. The summed E-state index contributed by atoms with van der Waals surface area (Å²) in [6.45, 7) is -0.0720. The first-order valence-corrected chi connectivity index (χ1v) is 5.51. The fourth-order valence-electron chi connectivity index (χ4n) is 1.54. The monoisotopic (exact) mass is 267 g/mol. The highest BCUT2D eigenvalue weighted by molar-refractivity contribution is 5.93. The molecule has 3 N–H and O–H groups in total. The van der Waals surface area contributed by atoms with Crippen molar-refractivity contribution in [1.29, 1.82) is 0 Å². The maximum Gasteiger partial charge on any atom is 0.269 e. The van der Waals surface area contributed by atoms with Gasteiger partial charge in [0.25, 0.3) is 5.91 Å². The molecular weight excluding hydrogens is 256 g/mol. The Hall–Kier alpha value is -2.28. The van der Waals surface area contributed by atoms with E-state index in [0.717, 1.165) is 12.1 Å². The Morgan fingerprint density at radius 2 is 2.16 bits per heavy atom. The molecule has 2 aromatic rings. The van der Waals surface area contributed by atoms with Gasteiger partial charge in [0.05, 0.1) is 12.3 Å². The normalized spacial score (nSPS) is 10.5. The Morgan fingerprint density at radius 1 is 1.37 bits per heavy atom. The zero-order valence-corrected chi connectivity index (χ0v) is 9.78. The van der Waals surface area contributed by atoms with Crippen LogP contribution in [0.5, 0.6) is 0 Å².